The molecule has 3 rings (SSSR count). The lowest BCUT2D eigenvalue weighted by molar-refractivity contribution is -0.121. The monoisotopic (exact) mass is 377 g/mol. The minimum atomic E-state index is -0.452. The predicted octanol–water partition coefficient (Wildman–Crippen LogP) is 3.94. The average Bonchev–Trinajstić information content (AvgIpc) is 3.28. The molecule has 0 bridgehead atoms. The van der Waals surface area contributed by atoms with Crippen molar-refractivity contribution in [2.75, 3.05) is 7.11 Å². The maximum Gasteiger partial charge on any atom is 0.225 e. The van der Waals surface area contributed by atoms with Crippen LogP contribution >= 0.6 is 15.9 Å². The van der Waals surface area contributed by atoms with Gasteiger partial charge in [-0.05, 0) is 48.2 Å². The molecule has 1 aliphatic rings. The molecule has 1 N–H and O–H groups in total. The standard InChI is InChI=1S/C18H17BrFNO2/c1-23-16-7-2-12(10-15(16)20)11-17(22)21-18(8-9-18)13-3-5-14(19)6-4-13/h2-7,10H,8-9,11H2,1H3,(H,21,22). The van der Waals surface area contributed by atoms with Gasteiger partial charge in [0.25, 0.3) is 0 Å². The summed E-state index contributed by atoms with van der Waals surface area (Å²) in [6.07, 6.45) is 2.01. The molecule has 1 aliphatic carbocycles. The van der Waals surface area contributed by atoms with E-state index in [9.17, 15) is 9.18 Å². The SMILES string of the molecule is COc1ccc(CC(=O)NC2(c3ccc(Br)cc3)CC2)cc1F. The first-order valence-electron chi connectivity index (χ1n) is 7.42. The summed E-state index contributed by atoms with van der Waals surface area (Å²) in [7, 11) is 1.42. The van der Waals surface area contributed by atoms with Crippen molar-refractivity contribution in [1.82, 2.24) is 5.32 Å². The van der Waals surface area contributed by atoms with Gasteiger partial charge in [0.05, 0.1) is 19.1 Å². The van der Waals surface area contributed by atoms with Crippen molar-refractivity contribution >= 4 is 21.8 Å². The topological polar surface area (TPSA) is 38.3 Å². The number of carbonyl (C=O) groups is 1. The van der Waals surface area contributed by atoms with Crippen LogP contribution in [-0.4, -0.2) is 13.0 Å². The van der Waals surface area contributed by atoms with Crippen molar-refractivity contribution < 1.29 is 13.9 Å². The number of nitrogens with one attached hydrogen (secondary N) is 1. The second kappa shape index (κ2) is 6.32. The normalized spacial score (nSPS) is 15.1. The second-order valence-electron chi connectivity index (χ2n) is 5.78. The molecular weight excluding hydrogens is 361 g/mol. The minimum absolute atomic E-state index is 0.102. The number of methoxy groups -OCH3 is 1. The Labute approximate surface area is 143 Å². The van der Waals surface area contributed by atoms with Gasteiger partial charge in [0.1, 0.15) is 0 Å². The van der Waals surface area contributed by atoms with Gasteiger partial charge in [-0.1, -0.05) is 34.1 Å². The van der Waals surface area contributed by atoms with Gasteiger partial charge in [-0.15, -0.1) is 0 Å². The first-order chi connectivity index (χ1) is 11.0. The van der Waals surface area contributed by atoms with Crippen LogP contribution in [0.1, 0.15) is 24.0 Å². The minimum Gasteiger partial charge on any atom is -0.494 e. The Morgan fingerprint density at radius 1 is 1.26 bits per heavy atom. The molecule has 0 aromatic heterocycles. The third-order valence-corrected chi connectivity index (χ3v) is 4.64. The first kappa shape index (κ1) is 16.0. The quantitative estimate of drug-likeness (QED) is 0.856. The second-order valence-corrected chi connectivity index (χ2v) is 6.70. The molecule has 1 amide bonds. The van der Waals surface area contributed by atoms with Crippen LogP contribution in [0.5, 0.6) is 5.75 Å². The molecule has 1 fully saturated rings. The Hall–Kier alpha value is -1.88. The van der Waals surface area contributed by atoms with Crippen LogP contribution < -0.4 is 10.1 Å². The molecule has 0 aliphatic heterocycles. The highest BCUT2D eigenvalue weighted by molar-refractivity contribution is 9.10. The summed E-state index contributed by atoms with van der Waals surface area (Å²) in [4.78, 5) is 12.3. The zero-order valence-electron chi connectivity index (χ0n) is 12.7. The number of hydrogen-bond acceptors (Lipinski definition) is 2. The number of rotatable bonds is 5. The third-order valence-electron chi connectivity index (χ3n) is 4.11. The summed E-state index contributed by atoms with van der Waals surface area (Å²) in [5, 5.41) is 3.09. The van der Waals surface area contributed by atoms with Gasteiger partial charge in [-0.25, -0.2) is 4.39 Å². The van der Waals surface area contributed by atoms with E-state index in [2.05, 4.69) is 21.2 Å². The van der Waals surface area contributed by atoms with E-state index in [4.69, 9.17) is 4.74 Å². The van der Waals surface area contributed by atoms with Gasteiger partial charge in [-0.3, -0.25) is 4.79 Å². The lowest BCUT2D eigenvalue weighted by Crippen LogP contribution is -2.35. The van der Waals surface area contributed by atoms with E-state index in [1.807, 2.05) is 24.3 Å². The highest BCUT2D eigenvalue weighted by atomic mass is 79.9. The Kier molecular flexibility index (Phi) is 4.39. The molecule has 3 nitrogen and oxygen atoms in total. The van der Waals surface area contributed by atoms with Crippen LogP contribution in [0.2, 0.25) is 0 Å². The molecular formula is C18H17BrFNO2. The van der Waals surface area contributed by atoms with E-state index in [0.29, 0.717) is 5.56 Å². The number of amides is 1. The molecule has 1 saturated carbocycles. The average molecular weight is 378 g/mol. The van der Waals surface area contributed by atoms with Crippen LogP contribution in [0, 0.1) is 5.82 Å². The molecule has 2 aromatic rings. The number of benzene rings is 2. The van der Waals surface area contributed by atoms with Crippen LogP contribution in [0.3, 0.4) is 0 Å². The molecule has 0 saturated heterocycles. The fourth-order valence-corrected chi connectivity index (χ4v) is 2.96. The zero-order chi connectivity index (χ0) is 16.4. The van der Waals surface area contributed by atoms with E-state index in [1.54, 1.807) is 12.1 Å². The lowest BCUT2D eigenvalue weighted by Gasteiger charge is -2.18. The van der Waals surface area contributed by atoms with Gasteiger partial charge in [-0.2, -0.15) is 0 Å². The summed E-state index contributed by atoms with van der Waals surface area (Å²) >= 11 is 3.41. The predicted molar refractivity (Wildman–Crippen MR) is 89.9 cm³/mol. The number of halogens is 2. The fourth-order valence-electron chi connectivity index (χ4n) is 2.70. The van der Waals surface area contributed by atoms with Crippen LogP contribution in [0.4, 0.5) is 4.39 Å². The molecule has 23 heavy (non-hydrogen) atoms. The number of hydrogen-bond donors (Lipinski definition) is 1. The highest BCUT2D eigenvalue weighted by Gasteiger charge is 2.45. The van der Waals surface area contributed by atoms with Crippen molar-refractivity contribution in [3.05, 3.63) is 63.9 Å². The number of carbonyl (C=O) groups excluding carboxylic acids is 1. The summed E-state index contributed by atoms with van der Waals surface area (Å²) in [6.45, 7) is 0. The molecule has 0 spiro atoms. The maximum absolute atomic E-state index is 13.7. The van der Waals surface area contributed by atoms with E-state index < -0.39 is 5.82 Å². The molecule has 120 valence electrons. The van der Waals surface area contributed by atoms with Crippen molar-refractivity contribution in [2.45, 2.75) is 24.8 Å². The molecule has 5 heteroatoms. The number of ether oxygens (including phenoxy) is 1. The Morgan fingerprint density at radius 2 is 1.96 bits per heavy atom. The molecule has 2 aromatic carbocycles. The summed E-state index contributed by atoms with van der Waals surface area (Å²) in [5.74, 6) is -0.371. The van der Waals surface area contributed by atoms with Gasteiger partial charge < -0.3 is 10.1 Å². The highest BCUT2D eigenvalue weighted by Crippen LogP contribution is 2.45. The molecule has 0 atom stereocenters. The van der Waals surface area contributed by atoms with E-state index in [1.165, 1.54) is 13.2 Å². The van der Waals surface area contributed by atoms with E-state index >= 15 is 0 Å². The van der Waals surface area contributed by atoms with Crippen LogP contribution in [-0.2, 0) is 16.8 Å². The van der Waals surface area contributed by atoms with Gasteiger partial charge in [0, 0.05) is 4.47 Å². The van der Waals surface area contributed by atoms with Crippen LogP contribution in [0.25, 0.3) is 0 Å². The maximum atomic E-state index is 13.7. The lowest BCUT2D eigenvalue weighted by atomic mass is 10.0. The molecule has 0 unspecified atom stereocenters. The van der Waals surface area contributed by atoms with Crippen molar-refractivity contribution in [3.8, 4) is 5.75 Å². The van der Waals surface area contributed by atoms with E-state index in [-0.39, 0.29) is 23.6 Å². The Morgan fingerprint density at radius 3 is 2.52 bits per heavy atom. The van der Waals surface area contributed by atoms with Crippen molar-refractivity contribution in [3.63, 3.8) is 0 Å². The largest absolute Gasteiger partial charge is 0.494 e. The summed E-state index contributed by atoms with van der Waals surface area (Å²) in [5.41, 5.74) is 1.48. The first-order valence-corrected chi connectivity index (χ1v) is 8.21. The summed E-state index contributed by atoms with van der Waals surface area (Å²) in [6, 6.07) is 12.6. The van der Waals surface area contributed by atoms with Gasteiger partial charge in [0.15, 0.2) is 11.6 Å². The van der Waals surface area contributed by atoms with Crippen LogP contribution in [0.15, 0.2) is 46.9 Å². The summed E-state index contributed by atoms with van der Waals surface area (Å²) < 4.78 is 19.6. The van der Waals surface area contributed by atoms with Gasteiger partial charge >= 0.3 is 0 Å². The Bertz CT molecular complexity index is 726. The van der Waals surface area contributed by atoms with Crippen molar-refractivity contribution in [2.24, 2.45) is 0 Å². The van der Waals surface area contributed by atoms with Gasteiger partial charge in [0.2, 0.25) is 5.91 Å². The molecule has 0 radical (unpaired) electrons. The fraction of sp³-hybridized carbons (Fsp3) is 0.278. The van der Waals surface area contributed by atoms with E-state index in [0.717, 1.165) is 22.9 Å². The smallest absolute Gasteiger partial charge is 0.225 e. The third kappa shape index (κ3) is 3.55. The zero-order valence-corrected chi connectivity index (χ0v) is 14.3. The van der Waals surface area contributed by atoms with Crippen molar-refractivity contribution in [1.29, 1.82) is 0 Å². The molecule has 0 heterocycles. The Balaban J connectivity index is 1.67.